The molecule has 0 aliphatic rings. The van der Waals surface area contributed by atoms with Crippen LogP contribution >= 0.6 is 7.60 Å². The molecule has 1 atom stereocenters. The summed E-state index contributed by atoms with van der Waals surface area (Å²) in [4.78, 5) is 11.5. The first-order valence-electron chi connectivity index (χ1n) is 10.8. The Morgan fingerprint density at radius 1 is 0.933 bits per heavy atom. The average molecular weight is 445 g/mol. The summed E-state index contributed by atoms with van der Waals surface area (Å²) in [6, 6.07) is 0. The van der Waals surface area contributed by atoms with Crippen molar-refractivity contribution in [2.45, 2.75) is 79.3 Å². The van der Waals surface area contributed by atoms with E-state index in [1.165, 1.54) is 16.7 Å². The van der Waals surface area contributed by atoms with E-state index in [1.54, 1.807) is 13.8 Å². The van der Waals surface area contributed by atoms with Gasteiger partial charge in [0, 0.05) is 6.61 Å². The van der Waals surface area contributed by atoms with Gasteiger partial charge in [0.2, 0.25) is 0 Å². The van der Waals surface area contributed by atoms with Crippen LogP contribution in [0.5, 0.6) is 0 Å². The third-order valence-electron chi connectivity index (χ3n) is 4.49. The van der Waals surface area contributed by atoms with E-state index in [4.69, 9.17) is 13.8 Å². The van der Waals surface area contributed by atoms with Crippen molar-refractivity contribution in [1.29, 1.82) is 0 Å². The maximum absolute atomic E-state index is 12.7. The smallest absolute Gasteiger partial charge is 0.344 e. The maximum atomic E-state index is 12.7. The van der Waals surface area contributed by atoms with E-state index < -0.39 is 19.2 Å². The summed E-state index contributed by atoms with van der Waals surface area (Å²) in [5.74, 6) is -1.19. The lowest BCUT2D eigenvalue weighted by Gasteiger charge is -2.23. The first kappa shape index (κ1) is 28.8. The molecule has 0 amide bonds. The summed E-state index contributed by atoms with van der Waals surface area (Å²) in [6.45, 7) is 12.6. The van der Waals surface area contributed by atoms with Gasteiger partial charge in [-0.2, -0.15) is 0 Å². The molecule has 0 aromatic carbocycles. The Kier molecular flexibility index (Phi) is 15.8. The lowest BCUT2D eigenvalue weighted by Crippen LogP contribution is -2.25. The SMILES string of the molecule is CCOP(=O)(OCC)C(CCOCC=C(C)CCC=C(C)CCC=C(C)C)C(=O)O. The van der Waals surface area contributed by atoms with Crippen LogP contribution in [-0.2, 0) is 23.1 Å². The Hall–Kier alpha value is -1.20. The second kappa shape index (κ2) is 16.5. The molecule has 0 rings (SSSR count). The number of ether oxygens (including phenoxy) is 1. The lowest BCUT2D eigenvalue weighted by molar-refractivity contribution is -0.137. The van der Waals surface area contributed by atoms with E-state index in [0.29, 0.717) is 6.61 Å². The average Bonchev–Trinajstić information content (AvgIpc) is 2.64. The number of carboxylic acids is 1. The highest BCUT2D eigenvalue weighted by Crippen LogP contribution is 2.54. The zero-order chi connectivity index (χ0) is 23.0. The van der Waals surface area contributed by atoms with Gasteiger partial charge in [-0.15, -0.1) is 0 Å². The summed E-state index contributed by atoms with van der Waals surface area (Å²) in [7, 11) is -3.70. The fourth-order valence-electron chi connectivity index (χ4n) is 2.81. The van der Waals surface area contributed by atoms with Crippen LogP contribution in [0.1, 0.15) is 73.6 Å². The fourth-order valence-corrected chi connectivity index (χ4v) is 4.66. The molecule has 0 fully saturated rings. The van der Waals surface area contributed by atoms with Gasteiger partial charge in [0.1, 0.15) is 0 Å². The van der Waals surface area contributed by atoms with E-state index in [0.717, 1.165) is 25.7 Å². The standard InChI is InChI=1S/C23H41O6P/c1-7-28-30(26,29-8-2)22(23(24)25)16-18-27-17-15-21(6)14-10-13-20(5)12-9-11-19(3)4/h11,13,15,22H,7-10,12,14,16-18H2,1-6H3,(H,24,25). The Labute approximate surface area is 182 Å². The largest absolute Gasteiger partial charge is 0.481 e. The number of hydrogen-bond acceptors (Lipinski definition) is 5. The van der Waals surface area contributed by atoms with Crippen LogP contribution in [0.25, 0.3) is 0 Å². The van der Waals surface area contributed by atoms with Gasteiger partial charge in [0.25, 0.3) is 0 Å². The topological polar surface area (TPSA) is 82.1 Å². The third kappa shape index (κ3) is 13.2. The van der Waals surface area contributed by atoms with E-state index >= 15 is 0 Å². The van der Waals surface area contributed by atoms with E-state index in [1.807, 2.05) is 6.08 Å². The minimum atomic E-state index is -3.70. The van der Waals surface area contributed by atoms with Crippen LogP contribution in [0.3, 0.4) is 0 Å². The van der Waals surface area contributed by atoms with Crippen LogP contribution in [0.2, 0.25) is 0 Å². The van der Waals surface area contributed by atoms with Crippen molar-refractivity contribution in [3.05, 3.63) is 34.9 Å². The quantitative estimate of drug-likeness (QED) is 0.156. The second-order valence-electron chi connectivity index (χ2n) is 7.55. The zero-order valence-corrected chi connectivity index (χ0v) is 20.5. The normalized spacial score (nSPS) is 13.9. The van der Waals surface area contributed by atoms with Crippen LogP contribution in [0, 0.1) is 0 Å². The third-order valence-corrected chi connectivity index (χ3v) is 6.97. The number of aliphatic carboxylic acids is 1. The minimum absolute atomic E-state index is 0.0765. The van der Waals surface area contributed by atoms with Crippen molar-refractivity contribution in [3.63, 3.8) is 0 Å². The minimum Gasteiger partial charge on any atom is -0.481 e. The van der Waals surface area contributed by atoms with E-state index in [9.17, 15) is 14.5 Å². The summed E-state index contributed by atoms with van der Waals surface area (Å²) in [5.41, 5.74) is 2.77. The van der Waals surface area contributed by atoms with Gasteiger partial charge in [-0.1, -0.05) is 34.9 Å². The van der Waals surface area contributed by atoms with Crippen molar-refractivity contribution in [1.82, 2.24) is 0 Å². The molecule has 174 valence electrons. The highest BCUT2D eigenvalue weighted by molar-refractivity contribution is 7.55. The Morgan fingerprint density at radius 2 is 1.47 bits per heavy atom. The molecule has 0 radical (unpaired) electrons. The molecule has 0 aromatic rings. The van der Waals surface area contributed by atoms with Crippen LogP contribution in [0.4, 0.5) is 0 Å². The molecule has 0 aliphatic carbocycles. The van der Waals surface area contributed by atoms with Gasteiger partial charge in [0.05, 0.1) is 19.8 Å². The summed E-state index contributed by atoms with van der Waals surface area (Å²) < 4.78 is 28.6. The molecule has 0 aromatic heterocycles. The van der Waals surface area contributed by atoms with Crippen molar-refractivity contribution in [2.24, 2.45) is 0 Å². The van der Waals surface area contributed by atoms with Gasteiger partial charge in [-0.25, -0.2) is 0 Å². The molecule has 30 heavy (non-hydrogen) atoms. The Morgan fingerprint density at radius 3 is 1.97 bits per heavy atom. The summed E-state index contributed by atoms with van der Waals surface area (Å²) in [5, 5.41) is 9.42. The van der Waals surface area contributed by atoms with Gasteiger partial charge in [-0.05, 0) is 73.6 Å². The predicted octanol–water partition coefficient (Wildman–Crippen LogP) is 6.53. The number of allylic oxidation sites excluding steroid dienone is 5. The van der Waals surface area contributed by atoms with Crippen LogP contribution < -0.4 is 0 Å². The monoisotopic (exact) mass is 444 g/mol. The molecular weight excluding hydrogens is 403 g/mol. The molecule has 0 bridgehead atoms. The lowest BCUT2D eigenvalue weighted by atomic mass is 10.1. The molecule has 0 saturated carbocycles. The maximum Gasteiger partial charge on any atom is 0.344 e. The molecule has 0 heterocycles. The summed E-state index contributed by atoms with van der Waals surface area (Å²) >= 11 is 0. The number of carboxylic acid groups (broad SMARTS) is 1. The van der Waals surface area contributed by atoms with Crippen LogP contribution in [0.15, 0.2) is 34.9 Å². The fraction of sp³-hybridized carbons (Fsp3) is 0.696. The van der Waals surface area contributed by atoms with Gasteiger partial charge >= 0.3 is 13.6 Å². The Balaban J connectivity index is 4.37. The zero-order valence-electron chi connectivity index (χ0n) is 19.6. The highest BCUT2D eigenvalue weighted by Gasteiger charge is 2.40. The van der Waals surface area contributed by atoms with Crippen molar-refractivity contribution >= 4 is 13.6 Å². The number of hydrogen-bond donors (Lipinski definition) is 1. The molecule has 6 nitrogen and oxygen atoms in total. The molecular formula is C23H41O6P. The number of rotatable bonds is 17. The first-order chi connectivity index (χ1) is 14.2. The van der Waals surface area contributed by atoms with Gasteiger partial charge in [-0.3, -0.25) is 9.36 Å². The van der Waals surface area contributed by atoms with E-state index in [-0.39, 0.29) is 26.2 Å². The predicted molar refractivity (Wildman–Crippen MR) is 123 cm³/mol. The second-order valence-corrected chi connectivity index (χ2v) is 9.77. The van der Waals surface area contributed by atoms with Crippen LogP contribution in [-0.4, -0.2) is 43.2 Å². The van der Waals surface area contributed by atoms with Crippen molar-refractivity contribution < 1.29 is 28.3 Å². The Bertz CT molecular complexity index is 622. The molecule has 7 heteroatoms. The molecule has 1 N–H and O–H groups in total. The molecule has 0 saturated heterocycles. The van der Waals surface area contributed by atoms with E-state index in [2.05, 4.69) is 39.8 Å². The molecule has 1 unspecified atom stereocenters. The summed E-state index contributed by atoms with van der Waals surface area (Å²) in [6.07, 6.45) is 10.8. The first-order valence-corrected chi connectivity index (χ1v) is 12.4. The van der Waals surface area contributed by atoms with Crippen molar-refractivity contribution in [3.8, 4) is 0 Å². The highest BCUT2D eigenvalue weighted by atomic mass is 31.2. The van der Waals surface area contributed by atoms with Gasteiger partial charge < -0.3 is 18.9 Å². The molecule has 0 aliphatic heterocycles. The molecule has 0 spiro atoms. The van der Waals surface area contributed by atoms with Gasteiger partial charge in [0.15, 0.2) is 5.66 Å². The van der Waals surface area contributed by atoms with Crippen molar-refractivity contribution in [2.75, 3.05) is 26.4 Å². The number of carbonyl (C=O) groups is 1.